The van der Waals surface area contributed by atoms with Gasteiger partial charge in [-0.25, -0.2) is 4.98 Å². The molecule has 0 saturated carbocycles. The Morgan fingerprint density at radius 1 is 1.48 bits per heavy atom. The zero-order valence-electron chi connectivity index (χ0n) is 13.1. The largest absolute Gasteiger partial charge is 0.351 e. The number of aromatic nitrogens is 1. The Morgan fingerprint density at radius 2 is 2.19 bits per heavy atom. The summed E-state index contributed by atoms with van der Waals surface area (Å²) in [6, 6.07) is 1.61. The lowest BCUT2D eigenvalue weighted by Crippen LogP contribution is -2.31. The Labute approximate surface area is 125 Å². The van der Waals surface area contributed by atoms with E-state index in [9.17, 15) is 10.1 Å². The van der Waals surface area contributed by atoms with Crippen LogP contribution in [-0.4, -0.2) is 47.5 Å². The maximum absolute atomic E-state index is 11.2. The summed E-state index contributed by atoms with van der Waals surface area (Å²) in [5, 5.41) is 11.2. The van der Waals surface area contributed by atoms with Gasteiger partial charge in [0.2, 0.25) is 5.82 Å². The number of rotatable bonds is 6. The predicted octanol–water partition coefficient (Wildman–Crippen LogP) is 2.47. The predicted molar refractivity (Wildman–Crippen MR) is 83.7 cm³/mol. The van der Waals surface area contributed by atoms with E-state index >= 15 is 0 Å². The Kier molecular flexibility index (Phi) is 5.12. The van der Waals surface area contributed by atoms with Crippen LogP contribution in [0.2, 0.25) is 0 Å². The maximum atomic E-state index is 11.2. The molecule has 1 aliphatic heterocycles. The van der Waals surface area contributed by atoms with Crippen LogP contribution in [0.3, 0.4) is 0 Å². The van der Waals surface area contributed by atoms with E-state index in [-0.39, 0.29) is 10.6 Å². The highest BCUT2D eigenvalue weighted by atomic mass is 16.6. The Bertz CT molecular complexity index is 502. The van der Waals surface area contributed by atoms with Crippen molar-refractivity contribution < 1.29 is 4.92 Å². The molecular weight excluding hydrogens is 268 g/mol. The highest BCUT2D eigenvalue weighted by Crippen LogP contribution is 2.30. The molecule has 21 heavy (non-hydrogen) atoms. The fourth-order valence-electron chi connectivity index (χ4n) is 2.95. The van der Waals surface area contributed by atoms with Gasteiger partial charge in [0.15, 0.2) is 0 Å². The zero-order valence-corrected chi connectivity index (χ0v) is 13.1. The third kappa shape index (κ3) is 3.69. The van der Waals surface area contributed by atoms with Crippen LogP contribution in [0.25, 0.3) is 0 Å². The Hall–Kier alpha value is -1.69. The number of nitro groups is 1. The molecule has 2 heterocycles. The van der Waals surface area contributed by atoms with Gasteiger partial charge in [0, 0.05) is 31.9 Å². The zero-order chi connectivity index (χ0) is 15.4. The van der Waals surface area contributed by atoms with Crippen molar-refractivity contribution in [2.75, 3.05) is 37.6 Å². The minimum atomic E-state index is -0.326. The summed E-state index contributed by atoms with van der Waals surface area (Å²) in [4.78, 5) is 19.7. The van der Waals surface area contributed by atoms with E-state index in [2.05, 4.69) is 28.6 Å². The molecule has 1 atom stereocenters. The van der Waals surface area contributed by atoms with Gasteiger partial charge in [-0.2, -0.15) is 0 Å². The lowest BCUT2D eigenvalue weighted by atomic mass is 10.1. The summed E-state index contributed by atoms with van der Waals surface area (Å²) in [5.41, 5.74) is 0.947. The minimum Gasteiger partial charge on any atom is -0.351 e. The number of anilines is 1. The van der Waals surface area contributed by atoms with Crippen LogP contribution >= 0.6 is 0 Å². The number of pyridine rings is 1. The minimum absolute atomic E-state index is 0.124. The van der Waals surface area contributed by atoms with Crippen molar-refractivity contribution in [2.45, 2.75) is 27.2 Å². The molecule has 1 fully saturated rings. The SMILES string of the molecule is CCN(CC)C[C@@H]1CCN(c2ncc(C)cc2[N+](=O)[O-])C1. The molecule has 6 heteroatoms. The molecule has 1 aliphatic rings. The van der Waals surface area contributed by atoms with Gasteiger partial charge in [-0.05, 0) is 37.9 Å². The number of nitrogens with zero attached hydrogens (tertiary/aromatic N) is 4. The molecule has 0 radical (unpaired) electrons. The van der Waals surface area contributed by atoms with Crippen LogP contribution in [0.1, 0.15) is 25.8 Å². The summed E-state index contributed by atoms with van der Waals surface area (Å²) < 4.78 is 0. The van der Waals surface area contributed by atoms with Gasteiger partial charge < -0.3 is 9.80 Å². The van der Waals surface area contributed by atoms with Crippen LogP contribution in [0, 0.1) is 23.0 Å². The van der Waals surface area contributed by atoms with Gasteiger partial charge in [-0.1, -0.05) is 13.8 Å². The summed E-state index contributed by atoms with van der Waals surface area (Å²) in [6.45, 7) is 11.0. The second-order valence-electron chi connectivity index (χ2n) is 5.70. The Balaban J connectivity index is 2.09. The van der Waals surface area contributed by atoms with Crippen molar-refractivity contribution >= 4 is 11.5 Å². The van der Waals surface area contributed by atoms with E-state index in [0.717, 1.165) is 44.7 Å². The van der Waals surface area contributed by atoms with Gasteiger partial charge in [0.25, 0.3) is 0 Å². The lowest BCUT2D eigenvalue weighted by molar-refractivity contribution is -0.384. The second kappa shape index (κ2) is 6.85. The van der Waals surface area contributed by atoms with Crippen LogP contribution in [-0.2, 0) is 0 Å². The molecule has 0 aliphatic carbocycles. The van der Waals surface area contributed by atoms with E-state index in [0.29, 0.717) is 11.7 Å². The fraction of sp³-hybridized carbons (Fsp3) is 0.667. The fourth-order valence-corrected chi connectivity index (χ4v) is 2.95. The van der Waals surface area contributed by atoms with Gasteiger partial charge >= 0.3 is 5.69 Å². The summed E-state index contributed by atoms with van der Waals surface area (Å²) >= 11 is 0. The molecule has 6 nitrogen and oxygen atoms in total. The quantitative estimate of drug-likeness (QED) is 0.595. The number of hydrogen-bond acceptors (Lipinski definition) is 5. The van der Waals surface area contributed by atoms with E-state index < -0.39 is 0 Å². The standard InChI is InChI=1S/C15H24N4O2/c1-4-17(5-2)10-13-6-7-18(11-13)15-14(19(20)21)8-12(3)9-16-15/h8-9,13H,4-7,10-11H2,1-3H3/t13-/m0/s1. The van der Waals surface area contributed by atoms with E-state index in [1.807, 2.05) is 6.92 Å². The summed E-state index contributed by atoms with van der Waals surface area (Å²) in [5.74, 6) is 1.08. The van der Waals surface area contributed by atoms with Crippen LogP contribution in [0.15, 0.2) is 12.3 Å². The van der Waals surface area contributed by atoms with Crippen LogP contribution < -0.4 is 4.90 Å². The van der Waals surface area contributed by atoms with Gasteiger partial charge in [0.1, 0.15) is 0 Å². The summed E-state index contributed by atoms with van der Waals surface area (Å²) in [7, 11) is 0. The number of hydrogen-bond donors (Lipinski definition) is 0. The average molecular weight is 292 g/mol. The molecule has 0 aromatic carbocycles. The molecule has 116 valence electrons. The first-order chi connectivity index (χ1) is 10.0. The first-order valence-electron chi connectivity index (χ1n) is 7.63. The van der Waals surface area contributed by atoms with Crippen molar-refractivity contribution in [1.29, 1.82) is 0 Å². The highest BCUT2D eigenvalue weighted by Gasteiger charge is 2.29. The van der Waals surface area contributed by atoms with Crippen molar-refractivity contribution in [3.05, 3.63) is 27.9 Å². The molecule has 0 amide bonds. The van der Waals surface area contributed by atoms with Crippen LogP contribution in [0.4, 0.5) is 11.5 Å². The molecule has 1 saturated heterocycles. The lowest BCUT2D eigenvalue weighted by Gasteiger charge is -2.23. The summed E-state index contributed by atoms with van der Waals surface area (Å²) in [6.07, 6.45) is 2.78. The molecule has 0 N–H and O–H groups in total. The molecule has 0 unspecified atom stereocenters. The molecule has 1 aromatic heterocycles. The van der Waals surface area contributed by atoms with Crippen molar-refractivity contribution in [3.63, 3.8) is 0 Å². The van der Waals surface area contributed by atoms with Gasteiger partial charge in [-0.15, -0.1) is 0 Å². The normalized spacial score (nSPS) is 18.5. The molecule has 0 spiro atoms. The van der Waals surface area contributed by atoms with Crippen molar-refractivity contribution in [3.8, 4) is 0 Å². The average Bonchev–Trinajstić information content (AvgIpc) is 2.93. The third-order valence-corrected chi connectivity index (χ3v) is 4.18. The van der Waals surface area contributed by atoms with Crippen molar-refractivity contribution in [1.82, 2.24) is 9.88 Å². The smallest absolute Gasteiger partial charge is 0.311 e. The van der Waals surface area contributed by atoms with Crippen LogP contribution in [0.5, 0.6) is 0 Å². The van der Waals surface area contributed by atoms with E-state index in [4.69, 9.17) is 0 Å². The third-order valence-electron chi connectivity index (χ3n) is 4.18. The first kappa shape index (κ1) is 15.7. The monoisotopic (exact) mass is 292 g/mol. The molecular formula is C15H24N4O2. The molecule has 1 aromatic rings. The first-order valence-corrected chi connectivity index (χ1v) is 7.63. The Morgan fingerprint density at radius 3 is 2.81 bits per heavy atom. The highest BCUT2D eigenvalue weighted by molar-refractivity contribution is 5.59. The van der Waals surface area contributed by atoms with Gasteiger partial charge in [-0.3, -0.25) is 10.1 Å². The maximum Gasteiger partial charge on any atom is 0.311 e. The van der Waals surface area contributed by atoms with Gasteiger partial charge in [0.05, 0.1) is 4.92 Å². The number of aryl methyl sites for hydroxylation is 1. The van der Waals surface area contributed by atoms with E-state index in [1.54, 1.807) is 12.3 Å². The topological polar surface area (TPSA) is 62.5 Å². The van der Waals surface area contributed by atoms with Crippen molar-refractivity contribution in [2.24, 2.45) is 5.92 Å². The van der Waals surface area contributed by atoms with E-state index in [1.165, 1.54) is 0 Å². The molecule has 0 bridgehead atoms. The molecule has 2 rings (SSSR count). The second-order valence-corrected chi connectivity index (χ2v) is 5.70.